The van der Waals surface area contributed by atoms with Crippen LogP contribution in [0.1, 0.15) is 24.8 Å². The molecule has 1 aliphatic heterocycles. The maximum Gasteiger partial charge on any atom is 0.285 e. The fourth-order valence-electron chi connectivity index (χ4n) is 4.52. The summed E-state index contributed by atoms with van der Waals surface area (Å²) in [5.41, 5.74) is 3.48. The standard InChI is InChI=1S/C26H26F2N4O2S/c1-35(33,34)23-7-5-6-20(14-23)24-16-30-32-17-21(15-29-25(24)32)19-8-10-22(11-9-19)26(27,28)18-31-12-3-2-4-13-31/h5-11,14-17H,2-4,12-13,18H2,1H3. The van der Waals surface area contributed by atoms with Crippen molar-refractivity contribution in [3.63, 3.8) is 0 Å². The van der Waals surface area contributed by atoms with Gasteiger partial charge in [0.05, 0.1) is 17.6 Å². The van der Waals surface area contributed by atoms with E-state index in [1.807, 2.05) is 11.0 Å². The SMILES string of the molecule is CS(=O)(=O)c1cccc(-c2cnn3cc(-c4ccc(C(F)(F)CN5CCCCC5)cc4)cnc23)c1. The second-order valence-electron chi connectivity index (χ2n) is 9.09. The highest BCUT2D eigenvalue weighted by atomic mass is 32.2. The number of rotatable bonds is 6. The van der Waals surface area contributed by atoms with E-state index in [0.29, 0.717) is 16.8 Å². The van der Waals surface area contributed by atoms with Crippen LogP contribution in [-0.2, 0) is 15.8 Å². The smallest absolute Gasteiger partial charge is 0.285 e. The van der Waals surface area contributed by atoms with Gasteiger partial charge in [0, 0.05) is 35.3 Å². The lowest BCUT2D eigenvalue weighted by molar-refractivity contribution is -0.0415. The molecule has 0 radical (unpaired) electrons. The zero-order valence-electron chi connectivity index (χ0n) is 19.4. The lowest BCUT2D eigenvalue weighted by Crippen LogP contribution is -2.38. The molecular formula is C26H26F2N4O2S. The normalized spacial score (nSPS) is 15.5. The van der Waals surface area contributed by atoms with Gasteiger partial charge >= 0.3 is 0 Å². The Labute approximate surface area is 203 Å². The largest absolute Gasteiger partial charge is 0.297 e. The molecule has 2 aromatic heterocycles. The van der Waals surface area contributed by atoms with E-state index in [4.69, 9.17) is 0 Å². The summed E-state index contributed by atoms with van der Waals surface area (Å²) < 4.78 is 55.1. The first kappa shape index (κ1) is 23.6. The topological polar surface area (TPSA) is 67.6 Å². The Morgan fingerprint density at radius 1 is 0.943 bits per heavy atom. The summed E-state index contributed by atoms with van der Waals surface area (Å²) in [6, 6.07) is 13.0. The summed E-state index contributed by atoms with van der Waals surface area (Å²) in [6.07, 6.45) is 9.32. The van der Waals surface area contributed by atoms with Crippen molar-refractivity contribution >= 4 is 15.5 Å². The van der Waals surface area contributed by atoms with Gasteiger partial charge in [-0.3, -0.25) is 4.90 Å². The van der Waals surface area contributed by atoms with Crippen molar-refractivity contribution in [2.75, 3.05) is 25.9 Å². The van der Waals surface area contributed by atoms with Gasteiger partial charge in [-0.25, -0.2) is 17.9 Å². The summed E-state index contributed by atoms with van der Waals surface area (Å²) in [7, 11) is -3.34. The molecule has 0 spiro atoms. The number of hydrogen-bond acceptors (Lipinski definition) is 5. The molecule has 0 bridgehead atoms. The highest BCUT2D eigenvalue weighted by Gasteiger charge is 2.34. The predicted octanol–water partition coefficient (Wildman–Crippen LogP) is 5.04. The minimum atomic E-state index is -3.34. The van der Waals surface area contributed by atoms with Gasteiger partial charge in [0.15, 0.2) is 15.5 Å². The van der Waals surface area contributed by atoms with Crippen LogP contribution in [0.2, 0.25) is 0 Å². The summed E-state index contributed by atoms with van der Waals surface area (Å²) >= 11 is 0. The molecule has 3 heterocycles. The minimum absolute atomic E-state index is 0.00740. The number of halogens is 2. The summed E-state index contributed by atoms with van der Waals surface area (Å²) in [5.74, 6) is -2.91. The van der Waals surface area contributed by atoms with Crippen LogP contribution >= 0.6 is 0 Å². The van der Waals surface area contributed by atoms with Crippen molar-refractivity contribution < 1.29 is 17.2 Å². The van der Waals surface area contributed by atoms with Gasteiger partial charge in [0.25, 0.3) is 5.92 Å². The number of piperidine rings is 1. The number of aromatic nitrogens is 3. The molecule has 0 saturated carbocycles. The Morgan fingerprint density at radius 3 is 2.40 bits per heavy atom. The van der Waals surface area contributed by atoms with E-state index in [-0.39, 0.29) is 17.0 Å². The van der Waals surface area contributed by atoms with E-state index in [0.717, 1.165) is 43.5 Å². The number of likely N-dealkylation sites (tertiary alicyclic amines) is 1. The lowest BCUT2D eigenvalue weighted by atomic mass is 10.0. The molecule has 6 nitrogen and oxygen atoms in total. The summed E-state index contributed by atoms with van der Waals surface area (Å²) in [6.45, 7) is 1.20. The fourth-order valence-corrected chi connectivity index (χ4v) is 5.18. The Hall–Kier alpha value is -3.17. The molecule has 4 aromatic rings. The van der Waals surface area contributed by atoms with Crippen molar-refractivity contribution in [1.82, 2.24) is 19.5 Å². The van der Waals surface area contributed by atoms with E-state index >= 15 is 0 Å². The molecule has 0 N–H and O–H groups in total. The third kappa shape index (κ3) is 4.97. The third-order valence-electron chi connectivity index (χ3n) is 6.44. The first-order valence-corrected chi connectivity index (χ1v) is 13.4. The average Bonchev–Trinajstić information content (AvgIpc) is 3.27. The van der Waals surface area contributed by atoms with Crippen LogP contribution in [0, 0.1) is 0 Å². The summed E-state index contributed by atoms with van der Waals surface area (Å²) in [4.78, 5) is 6.60. The van der Waals surface area contributed by atoms with E-state index in [1.54, 1.807) is 53.4 Å². The quantitative estimate of drug-likeness (QED) is 0.374. The zero-order chi connectivity index (χ0) is 24.6. The highest BCUT2D eigenvalue weighted by molar-refractivity contribution is 7.90. The van der Waals surface area contributed by atoms with Gasteiger partial charge < -0.3 is 0 Å². The molecule has 2 aromatic carbocycles. The number of nitrogens with zero attached hydrogens (tertiary/aromatic N) is 4. The molecule has 1 saturated heterocycles. The molecule has 0 amide bonds. The van der Waals surface area contributed by atoms with Crippen molar-refractivity contribution in [1.29, 1.82) is 0 Å². The van der Waals surface area contributed by atoms with Crippen molar-refractivity contribution in [3.8, 4) is 22.3 Å². The van der Waals surface area contributed by atoms with Crippen LogP contribution < -0.4 is 0 Å². The Balaban J connectivity index is 1.39. The van der Waals surface area contributed by atoms with Crippen LogP contribution in [0.15, 0.2) is 72.0 Å². The van der Waals surface area contributed by atoms with Crippen LogP contribution in [-0.4, -0.2) is 53.8 Å². The molecule has 182 valence electrons. The van der Waals surface area contributed by atoms with Crippen LogP contribution in [0.3, 0.4) is 0 Å². The van der Waals surface area contributed by atoms with E-state index in [2.05, 4.69) is 10.1 Å². The molecule has 0 unspecified atom stereocenters. The number of hydrogen-bond donors (Lipinski definition) is 0. The molecule has 9 heteroatoms. The molecule has 0 aliphatic carbocycles. The zero-order valence-corrected chi connectivity index (χ0v) is 20.2. The lowest BCUT2D eigenvalue weighted by Gasteiger charge is -2.30. The molecular weight excluding hydrogens is 470 g/mol. The Kier molecular flexibility index (Phi) is 6.14. The Bertz CT molecular complexity index is 1460. The maximum absolute atomic E-state index is 14.8. The van der Waals surface area contributed by atoms with Gasteiger partial charge in [-0.2, -0.15) is 13.9 Å². The second-order valence-corrected chi connectivity index (χ2v) is 11.1. The number of benzene rings is 2. The molecule has 5 rings (SSSR count). The first-order valence-electron chi connectivity index (χ1n) is 11.6. The highest BCUT2D eigenvalue weighted by Crippen LogP contribution is 2.32. The predicted molar refractivity (Wildman–Crippen MR) is 131 cm³/mol. The van der Waals surface area contributed by atoms with Crippen molar-refractivity contribution in [2.24, 2.45) is 0 Å². The van der Waals surface area contributed by atoms with Gasteiger partial charge in [0.1, 0.15) is 0 Å². The van der Waals surface area contributed by atoms with Gasteiger partial charge in [-0.05, 0) is 49.2 Å². The number of sulfone groups is 1. The van der Waals surface area contributed by atoms with E-state index in [9.17, 15) is 17.2 Å². The van der Waals surface area contributed by atoms with Gasteiger partial charge in [-0.1, -0.05) is 42.8 Å². The van der Waals surface area contributed by atoms with E-state index in [1.165, 1.54) is 18.4 Å². The van der Waals surface area contributed by atoms with Crippen LogP contribution in [0.25, 0.3) is 27.9 Å². The average molecular weight is 497 g/mol. The minimum Gasteiger partial charge on any atom is -0.297 e. The van der Waals surface area contributed by atoms with Crippen LogP contribution in [0.5, 0.6) is 0 Å². The Morgan fingerprint density at radius 2 is 1.69 bits per heavy atom. The molecule has 0 atom stereocenters. The van der Waals surface area contributed by atoms with E-state index < -0.39 is 15.8 Å². The molecule has 1 aliphatic rings. The number of alkyl halides is 2. The molecule has 1 fully saturated rings. The first-order chi connectivity index (χ1) is 16.7. The van der Waals surface area contributed by atoms with Crippen molar-refractivity contribution in [2.45, 2.75) is 30.1 Å². The third-order valence-corrected chi connectivity index (χ3v) is 7.55. The van der Waals surface area contributed by atoms with Crippen molar-refractivity contribution in [3.05, 3.63) is 72.7 Å². The maximum atomic E-state index is 14.8. The van der Waals surface area contributed by atoms with Gasteiger partial charge in [0.2, 0.25) is 0 Å². The second kappa shape index (κ2) is 9.13. The summed E-state index contributed by atoms with van der Waals surface area (Å²) in [5, 5.41) is 4.37. The fraction of sp³-hybridized carbons (Fsp3) is 0.308. The molecule has 35 heavy (non-hydrogen) atoms. The number of fused-ring (bicyclic) bond motifs is 1. The van der Waals surface area contributed by atoms with Gasteiger partial charge in [-0.15, -0.1) is 0 Å². The van der Waals surface area contributed by atoms with Crippen LogP contribution in [0.4, 0.5) is 8.78 Å². The monoisotopic (exact) mass is 496 g/mol.